The maximum Gasteiger partial charge on any atom is 0.171 e. The van der Waals surface area contributed by atoms with Gasteiger partial charge in [0.15, 0.2) is 5.78 Å². The molecule has 2 rings (SSSR count). The van der Waals surface area contributed by atoms with Crippen molar-refractivity contribution in [3.05, 3.63) is 51.7 Å². The topological polar surface area (TPSA) is 30.0 Å². The highest BCUT2D eigenvalue weighted by Gasteiger charge is 2.14. The molecule has 0 amide bonds. The van der Waals surface area contributed by atoms with E-state index in [4.69, 9.17) is 0 Å². The number of hydrogen-bond donors (Lipinski definition) is 0. The molecule has 0 radical (unpaired) electrons. The second-order valence-electron chi connectivity index (χ2n) is 3.50. The first-order valence-electron chi connectivity index (χ1n) is 4.84. The van der Waals surface area contributed by atoms with Crippen LogP contribution >= 0.6 is 11.3 Å². The first kappa shape index (κ1) is 11.0. The van der Waals surface area contributed by atoms with Gasteiger partial charge in [-0.15, -0.1) is 11.3 Å². The van der Waals surface area contributed by atoms with Crippen molar-refractivity contribution in [1.82, 2.24) is 4.98 Å². The Kier molecular flexibility index (Phi) is 3.10. The van der Waals surface area contributed by atoms with Crippen LogP contribution in [0, 0.1) is 12.7 Å². The van der Waals surface area contributed by atoms with E-state index < -0.39 is 5.82 Å². The van der Waals surface area contributed by atoms with Gasteiger partial charge in [0.05, 0.1) is 11.1 Å². The van der Waals surface area contributed by atoms with E-state index >= 15 is 0 Å². The number of nitrogens with zero attached hydrogens (tertiary/aromatic N) is 1. The molecule has 0 atom stereocenters. The molecule has 1 heterocycles. The summed E-state index contributed by atoms with van der Waals surface area (Å²) in [5, 5.41) is 0. The first-order valence-corrected chi connectivity index (χ1v) is 5.72. The molecule has 0 aliphatic rings. The minimum atomic E-state index is -0.419. The van der Waals surface area contributed by atoms with Crippen molar-refractivity contribution in [2.24, 2.45) is 0 Å². The smallest absolute Gasteiger partial charge is 0.171 e. The van der Waals surface area contributed by atoms with Gasteiger partial charge in [-0.3, -0.25) is 9.78 Å². The van der Waals surface area contributed by atoms with Gasteiger partial charge < -0.3 is 0 Å². The summed E-state index contributed by atoms with van der Waals surface area (Å²) in [6.07, 6.45) is 1.85. The quantitative estimate of drug-likeness (QED) is 0.765. The van der Waals surface area contributed by atoms with Gasteiger partial charge >= 0.3 is 0 Å². The van der Waals surface area contributed by atoms with Crippen LogP contribution in [0.2, 0.25) is 0 Å². The maximum atomic E-state index is 13.6. The molecule has 0 fully saturated rings. The molecule has 0 N–H and O–H groups in total. The normalized spacial score (nSPS) is 10.4. The number of carbonyl (C=O) groups is 1. The van der Waals surface area contributed by atoms with Gasteiger partial charge in [-0.1, -0.05) is 12.1 Å². The predicted molar refractivity (Wildman–Crippen MR) is 61.3 cm³/mol. The summed E-state index contributed by atoms with van der Waals surface area (Å²) in [6.45, 7) is 1.65. The average Bonchev–Trinajstić information content (AvgIpc) is 2.74. The van der Waals surface area contributed by atoms with E-state index in [0.29, 0.717) is 5.56 Å². The zero-order valence-corrected chi connectivity index (χ0v) is 9.55. The van der Waals surface area contributed by atoms with Gasteiger partial charge in [-0.05, 0) is 18.6 Å². The van der Waals surface area contributed by atoms with Crippen molar-refractivity contribution >= 4 is 17.1 Å². The molecule has 0 saturated carbocycles. The molecule has 0 spiro atoms. The van der Waals surface area contributed by atoms with Crippen LogP contribution in [0.4, 0.5) is 4.39 Å². The number of aromatic nitrogens is 1. The van der Waals surface area contributed by atoms with Crippen molar-refractivity contribution in [3.63, 3.8) is 0 Å². The van der Waals surface area contributed by atoms with Crippen molar-refractivity contribution in [3.8, 4) is 0 Å². The minimum absolute atomic E-state index is 0.161. The van der Waals surface area contributed by atoms with Crippen LogP contribution < -0.4 is 0 Å². The number of aryl methyl sites for hydroxylation is 1. The number of rotatable bonds is 3. The Balaban J connectivity index is 2.24. The molecule has 0 aliphatic carbocycles. The van der Waals surface area contributed by atoms with Crippen molar-refractivity contribution in [2.45, 2.75) is 13.3 Å². The molecule has 2 aromatic rings. The van der Waals surface area contributed by atoms with Gasteiger partial charge in [-0.2, -0.15) is 0 Å². The number of halogens is 1. The molecule has 0 aliphatic heterocycles. The van der Waals surface area contributed by atoms with Gasteiger partial charge in [0, 0.05) is 17.5 Å². The van der Waals surface area contributed by atoms with E-state index in [1.165, 1.54) is 17.4 Å². The number of benzene rings is 1. The van der Waals surface area contributed by atoms with Crippen LogP contribution in [-0.2, 0) is 6.42 Å². The lowest BCUT2D eigenvalue weighted by molar-refractivity contribution is 0.0989. The minimum Gasteiger partial charge on any atom is -0.294 e. The summed E-state index contributed by atoms with van der Waals surface area (Å²) in [6, 6.07) is 4.86. The highest BCUT2D eigenvalue weighted by Crippen LogP contribution is 2.16. The number of hydrogen-bond acceptors (Lipinski definition) is 3. The number of thiazole rings is 1. The molecule has 1 aromatic carbocycles. The molecule has 4 heteroatoms. The third-order valence-corrected chi connectivity index (χ3v) is 3.09. The van der Waals surface area contributed by atoms with Crippen LogP contribution in [0.3, 0.4) is 0 Å². The third kappa shape index (κ3) is 2.17. The molecule has 1 aromatic heterocycles. The van der Waals surface area contributed by atoms with Gasteiger partial charge in [0.25, 0.3) is 0 Å². The van der Waals surface area contributed by atoms with Gasteiger partial charge in [-0.25, -0.2) is 4.39 Å². The molecule has 2 nitrogen and oxygen atoms in total. The van der Waals surface area contributed by atoms with Crippen molar-refractivity contribution < 1.29 is 9.18 Å². The second kappa shape index (κ2) is 4.53. The van der Waals surface area contributed by atoms with Crippen LogP contribution in [0.15, 0.2) is 29.9 Å². The molecular weight excluding hydrogens is 225 g/mol. The second-order valence-corrected chi connectivity index (χ2v) is 4.48. The largest absolute Gasteiger partial charge is 0.294 e. The van der Waals surface area contributed by atoms with Crippen LogP contribution in [0.1, 0.15) is 20.8 Å². The molecule has 0 unspecified atom stereocenters. The SMILES string of the molecule is Cc1cccc(C(=O)Cc2cncs2)c1F. The zero-order chi connectivity index (χ0) is 11.5. The molecular formula is C12H10FNOS. The van der Waals surface area contributed by atoms with E-state index in [1.54, 1.807) is 30.8 Å². The van der Waals surface area contributed by atoms with E-state index in [-0.39, 0.29) is 17.8 Å². The van der Waals surface area contributed by atoms with Crippen LogP contribution in [0.5, 0.6) is 0 Å². The molecule has 0 saturated heterocycles. The van der Waals surface area contributed by atoms with E-state index in [9.17, 15) is 9.18 Å². The number of carbonyl (C=O) groups excluding carboxylic acids is 1. The summed E-state index contributed by atoms with van der Waals surface area (Å²) in [7, 11) is 0. The fourth-order valence-corrected chi connectivity index (χ4v) is 2.04. The lowest BCUT2D eigenvalue weighted by Gasteiger charge is -2.03. The highest BCUT2D eigenvalue weighted by molar-refractivity contribution is 7.09. The highest BCUT2D eigenvalue weighted by atomic mass is 32.1. The van der Waals surface area contributed by atoms with Crippen LogP contribution in [0.25, 0.3) is 0 Å². The zero-order valence-electron chi connectivity index (χ0n) is 8.74. The third-order valence-electron chi connectivity index (χ3n) is 2.31. The summed E-state index contributed by atoms with van der Waals surface area (Å²) in [5.74, 6) is -0.623. The Morgan fingerprint density at radius 3 is 3.00 bits per heavy atom. The Hall–Kier alpha value is -1.55. The van der Waals surface area contributed by atoms with E-state index in [2.05, 4.69) is 4.98 Å². The predicted octanol–water partition coefficient (Wildman–Crippen LogP) is 3.02. The Morgan fingerprint density at radius 2 is 2.31 bits per heavy atom. The van der Waals surface area contributed by atoms with E-state index in [1.807, 2.05) is 0 Å². The molecule has 0 bridgehead atoms. The van der Waals surface area contributed by atoms with Crippen molar-refractivity contribution in [1.29, 1.82) is 0 Å². The molecule has 16 heavy (non-hydrogen) atoms. The summed E-state index contributed by atoms with van der Waals surface area (Å²) in [4.78, 5) is 16.6. The average molecular weight is 235 g/mol. The molecule has 82 valence electrons. The summed E-state index contributed by atoms with van der Waals surface area (Å²) in [5.41, 5.74) is 2.32. The fraction of sp³-hybridized carbons (Fsp3) is 0.167. The Morgan fingerprint density at radius 1 is 1.50 bits per heavy atom. The summed E-state index contributed by atoms with van der Waals surface area (Å²) >= 11 is 1.40. The van der Waals surface area contributed by atoms with Gasteiger partial charge in [0.2, 0.25) is 0 Å². The van der Waals surface area contributed by atoms with Crippen LogP contribution in [-0.4, -0.2) is 10.8 Å². The lowest BCUT2D eigenvalue weighted by Crippen LogP contribution is -2.06. The maximum absolute atomic E-state index is 13.6. The first-order chi connectivity index (χ1) is 7.68. The summed E-state index contributed by atoms with van der Waals surface area (Å²) < 4.78 is 13.6. The number of ketones is 1. The lowest BCUT2D eigenvalue weighted by atomic mass is 10.0. The Labute approximate surface area is 96.8 Å². The van der Waals surface area contributed by atoms with E-state index in [0.717, 1.165) is 4.88 Å². The standard InChI is InChI=1S/C12H10FNOS/c1-8-3-2-4-10(12(8)13)11(15)5-9-6-14-7-16-9/h2-4,6-7H,5H2,1H3. The van der Waals surface area contributed by atoms with Gasteiger partial charge in [0.1, 0.15) is 5.82 Å². The Bertz CT molecular complexity index is 508. The monoisotopic (exact) mass is 235 g/mol. The van der Waals surface area contributed by atoms with Crippen molar-refractivity contribution in [2.75, 3.05) is 0 Å². The number of Topliss-reactive ketones (excluding diaryl/α,β-unsaturated/α-hetero) is 1. The fourth-order valence-electron chi connectivity index (χ4n) is 1.45.